The number of aromatic nitrogens is 2. The van der Waals surface area contributed by atoms with Crippen molar-refractivity contribution in [1.29, 1.82) is 5.26 Å². The van der Waals surface area contributed by atoms with Gasteiger partial charge in [0.05, 0.1) is 17.1 Å². The molecule has 1 aliphatic heterocycles. The summed E-state index contributed by atoms with van der Waals surface area (Å²) < 4.78 is 6.17. The van der Waals surface area contributed by atoms with E-state index in [1.807, 2.05) is 72.5 Å². The van der Waals surface area contributed by atoms with Gasteiger partial charge in [-0.1, -0.05) is 55.3 Å². The second-order valence-electron chi connectivity index (χ2n) is 10.6. The molecule has 0 saturated carbocycles. The molecule has 0 radical (unpaired) electrons. The van der Waals surface area contributed by atoms with Gasteiger partial charge >= 0.3 is 0 Å². The zero-order chi connectivity index (χ0) is 29.7. The number of carbonyl (C=O) groups excluding carboxylic acids is 1. The smallest absolute Gasteiger partial charge is 0.254 e. The van der Waals surface area contributed by atoms with Crippen LogP contribution in [0.4, 0.5) is 0 Å². The molecule has 2 N–H and O–H groups in total. The summed E-state index contributed by atoms with van der Waals surface area (Å²) in [5.74, 6) is 7.41. The summed E-state index contributed by atoms with van der Waals surface area (Å²) in [6.07, 6.45) is 2.26. The molecule has 1 unspecified atom stereocenters. The number of benzene rings is 3. The van der Waals surface area contributed by atoms with Crippen LogP contribution in [0.2, 0.25) is 0 Å². The monoisotopic (exact) mass is 575 g/mol. The van der Waals surface area contributed by atoms with Gasteiger partial charge in [0.2, 0.25) is 11.8 Å². The molecule has 4 aromatic rings. The van der Waals surface area contributed by atoms with Crippen molar-refractivity contribution in [2.75, 3.05) is 12.3 Å². The van der Waals surface area contributed by atoms with Crippen LogP contribution in [0.3, 0.4) is 0 Å². The molecule has 2 atom stereocenters. The molecule has 1 aliphatic rings. The number of rotatable bonds is 8. The molecule has 1 amide bonds. The molecule has 0 aliphatic carbocycles. The number of nitrogens with two attached hydrogens (primary N) is 1. The van der Waals surface area contributed by atoms with Crippen LogP contribution in [-0.4, -0.2) is 39.3 Å². The van der Waals surface area contributed by atoms with E-state index in [-0.39, 0.29) is 17.8 Å². The fraction of sp³-hybridized carbons (Fsp3) is 0.294. The summed E-state index contributed by atoms with van der Waals surface area (Å²) in [5.41, 5.74) is 9.91. The Morgan fingerprint density at radius 1 is 1.14 bits per heavy atom. The van der Waals surface area contributed by atoms with E-state index in [1.165, 1.54) is 0 Å². The lowest BCUT2D eigenvalue weighted by atomic mass is 9.94. The number of carbonyl (C=O) groups is 1. The molecule has 1 aromatic heterocycles. The summed E-state index contributed by atoms with van der Waals surface area (Å²) >= 11 is 1.61. The Morgan fingerprint density at radius 3 is 2.67 bits per heavy atom. The molecular formula is C34H33N5O2S. The molecule has 0 bridgehead atoms. The second kappa shape index (κ2) is 12.7. The third kappa shape index (κ3) is 6.11. The van der Waals surface area contributed by atoms with Gasteiger partial charge < -0.3 is 15.1 Å². The fourth-order valence-corrected chi connectivity index (χ4v) is 6.14. The first-order valence-corrected chi connectivity index (χ1v) is 15.0. The average molecular weight is 576 g/mol. The predicted molar refractivity (Wildman–Crippen MR) is 165 cm³/mol. The Labute approximate surface area is 251 Å². The molecule has 1 fully saturated rings. The number of amides is 1. The molecule has 2 heterocycles. The van der Waals surface area contributed by atoms with Gasteiger partial charge in [0.1, 0.15) is 6.07 Å². The molecule has 3 aromatic carbocycles. The lowest BCUT2D eigenvalue weighted by Gasteiger charge is -2.22. The SMILES string of the molecule is CC#CC1CCCN1C(=O)c1cc(-c2nnc([C@](C)(N)Cc3ccccc3)o2)cc(-c2cccc(SCC)c2C#N)c1. The van der Waals surface area contributed by atoms with E-state index in [9.17, 15) is 10.1 Å². The maximum atomic E-state index is 13.9. The first-order valence-electron chi connectivity index (χ1n) is 14.1. The molecule has 1 saturated heterocycles. The van der Waals surface area contributed by atoms with Crippen LogP contribution < -0.4 is 5.73 Å². The molecule has 5 rings (SSSR count). The van der Waals surface area contributed by atoms with Crippen molar-refractivity contribution in [3.8, 4) is 40.5 Å². The molecular weight excluding hydrogens is 542 g/mol. The van der Waals surface area contributed by atoms with Crippen LogP contribution in [0.5, 0.6) is 0 Å². The molecule has 0 spiro atoms. The Hall–Kier alpha value is -4.37. The van der Waals surface area contributed by atoms with Gasteiger partial charge in [-0.2, -0.15) is 5.26 Å². The minimum absolute atomic E-state index is 0.117. The van der Waals surface area contributed by atoms with Crippen molar-refractivity contribution in [3.05, 3.63) is 89.3 Å². The van der Waals surface area contributed by atoms with E-state index in [0.29, 0.717) is 35.5 Å². The molecule has 42 heavy (non-hydrogen) atoms. The van der Waals surface area contributed by atoms with Crippen LogP contribution in [-0.2, 0) is 12.0 Å². The summed E-state index contributed by atoms with van der Waals surface area (Å²) in [6.45, 7) is 6.35. The van der Waals surface area contributed by atoms with E-state index in [1.54, 1.807) is 24.8 Å². The average Bonchev–Trinajstić information content (AvgIpc) is 3.68. The van der Waals surface area contributed by atoms with Gasteiger partial charge in [-0.3, -0.25) is 4.79 Å². The van der Waals surface area contributed by atoms with E-state index in [4.69, 9.17) is 10.2 Å². The molecule has 212 valence electrons. The highest BCUT2D eigenvalue weighted by molar-refractivity contribution is 7.99. The third-order valence-electron chi connectivity index (χ3n) is 7.33. The van der Waals surface area contributed by atoms with E-state index in [2.05, 4.69) is 35.0 Å². The summed E-state index contributed by atoms with van der Waals surface area (Å²) in [4.78, 5) is 16.6. The van der Waals surface area contributed by atoms with Gasteiger partial charge in [0.25, 0.3) is 5.91 Å². The van der Waals surface area contributed by atoms with Crippen LogP contribution >= 0.6 is 11.8 Å². The zero-order valence-electron chi connectivity index (χ0n) is 24.1. The Kier molecular flexibility index (Phi) is 8.77. The maximum absolute atomic E-state index is 13.9. The van der Waals surface area contributed by atoms with Gasteiger partial charge in [0.15, 0.2) is 0 Å². The maximum Gasteiger partial charge on any atom is 0.254 e. The number of nitriles is 1. The topological polar surface area (TPSA) is 109 Å². The van der Waals surface area contributed by atoms with Gasteiger partial charge in [-0.15, -0.1) is 27.9 Å². The van der Waals surface area contributed by atoms with Crippen LogP contribution in [0.15, 0.2) is 76.0 Å². The van der Waals surface area contributed by atoms with E-state index in [0.717, 1.165) is 40.2 Å². The fourth-order valence-electron chi connectivity index (χ4n) is 5.35. The van der Waals surface area contributed by atoms with Crippen molar-refractivity contribution >= 4 is 17.7 Å². The number of hydrogen-bond acceptors (Lipinski definition) is 7. The van der Waals surface area contributed by atoms with Gasteiger partial charge in [-0.05, 0) is 74.3 Å². The van der Waals surface area contributed by atoms with Gasteiger partial charge in [0, 0.05) is 28.1 Å². The standard InChI is InChI=1S/C34H33N5O2S/c1-4-11-27-14-10-17-39(27)32(40)26-19-24(28-15-9-16-30(42-5-2)29(28)22-35)18-25(20-26)31-37-38-33(41-31)34(3,36)21-23-12-7-6-8-13-23/h6-9,12-13,15-16,18-20,27H,5,10,14,17,21,36H2,1-3H3/t27?,34-/m1/s1. The van der Waals surface area contributed by atoms with Crippen molar-refractivity contribution in [2.24, 2.45) is 5.73 Å². The van der Waals surface area contributed by atoms with Crippen molar-refractivity contribution in [2.45, 2.75) is 56.5 Å². The quantitative estimate of drug-likeness (QED) is 0.190. The van der Waals surface area contributed by atoms with Crippen molar-refractivity contribution in [1.82, 2.24) is 15.1 Å². The summed E-state index contributed by atoms with van der Waals surface area (Å²) in [7, 11) is 0. The first kappa shape index (κ1) is 29.1. The Balaban J connectivity index is 1.60. The summed E-state index contributed by atoms with van der Waals surface area (Å²) in [5, 5.41) is 18.8. The van der Waals surface area contributed by atoms with Crippen LogP contribution in [0.1, 0.15) is 61.0 Å². The normalized spacial score (nSPS) is 15.9. The minimum atomic E-state index is -0.899. The lowest BCUT2D eigenvalue weighted by Crippen LogP contribution is -2.35. The largest absolute Gasteiger partial charge is 0.419 e. The third-order valence-corrected chi connectivity index (χ3v) is 8.27. The molecule has 8 heteroatoms. The van der Waals surface area contributed by atoms with Gasteiger partial charge in [-0.25, -0.2) is 0 Å². The highest BCUT2D eigenvalue weighted by Gasteiger charge is 2.31. The van der Waals surface area contributed by atoms with E-state index < -0.39 is 5.54 Å². The second-order valence-corrected chi connectivity index (χ2v) is 11.9. The summed E-state index contributed by atoms with van der Waals surface area (Å²) in [6, 6.07) is 23.5. The Bertz CT molecular complexity index is 1690. The number of hydrogen-bond donors (Lipinski definition) is 1. The number of thioether (sulfide) groups is 1. The minimum Gasteiger partial charge on any atom is -0.419 e. The van der Waals surface area contributed by atoms with Crippen molar-refractivity contribution < 1.29 is 9.21 Å². The zero-order valence-corrected chi connectivity index (χ0v) is 24.9. The highest BCUT2D eigenvalue weighted by atomic mass is 32.2. The Morgan fingerprint density at radius 2 is 1.93 bits per heavy atom. The van der Waals surface area contributed by atoms with Crippen LogP contribution in [0.25, 0.3) is 22.6 Å². The van der Waals surface area contributed by atoms with Crippen molar-refractivity contribution in [3.63, 3.8) is 0 Å². The van der Waals surface area contributed by atoms with E-state index >= 15 is 0 Å². The first-order chi connectivity index (χ1) is 20.3. The highest BCUT2D eigenvalue weighted by Crippen LogP contribution is 2.35. The lowest BCUT2D eigenvalue weighted by molar-refractivity contribution is 0.0766. The number of nitrogens with zero attached hydrogens (tertiary/aromatic N) is 4. The van der Waals surface area contributed by atoms with Crippen LogP contribution in [0, 0.1) is 23.2 Å². The number of likely N-dealkylation sites (tertiary alicyclic amines) is 1. The predicted octanol–water partition coefficient (Wildman–Crippen LogP) is 6.43. The molecule has 7 nitrogen and oxygen atoms in total.